The number of nitrogens with zero attached hydrogens (tertiary/aromatic N) is 1. The van der Waals surface area contributed by atoms with Crippen LogP contribution in [-0.4, -0.2) is 23.7 Å². The monoisotopic (exact) mass is 198 g/mol. The Hall–Kier alpha value is -1.08. The van der Waals surface area contributed by atoms with Crippen molar-refractivity contribution in [3.63, 3.8) is 0 Å². The summed E-state index contributed by atoms with van der Waals surface area (Å²) in [7, 11) is 0. The van der Waals surface area contributed by atoms with Gasteiger partial charge in [0.15, 0.2) is 0 Å². The quantitative estimate of drug-likeness (QED) is 0.686. The molecule has 0 bridgehead atoms. The van der Waals surface area contributed by atoms with Gasteiger partial charge in [0.2, 0.25) is 5.91 Å². The maximum Gasteiger partial charge on any atom is 0.240 e. The topological polar surface area (TPSA) is 73.1 Å². The highest BCUT2D eigenvalue weighted by Crippen LogP contribution is 2.25. The van der Waals surface area contributed by atoms with E-state index in [2.05, 4.69) is 5.32 Å². The molecule has 0 spiro atoms. The lowest BCUT2D eigenvalue weighted by Crippen LogP contribution is -2.42. The summed E-state index contributed by atoms with van der Waals surface area (Å²) >= 11 is 0. The fourth-order valence-electron chi connectivity index (χ4n) is 1.19. The number of amides is 1. The van der Waals surface area contributed by atoms with Crippen LogP contribution in [0.2, 0.25) is 0 Å². The van der Waals surface area contributed by atoms with Crippen LogP contribution in [0.4, 0.5) is 0 Å². The molecule has 2 N–H and O–H groups in total. The van der Waals surface area contributed by atoms with Crippen LogP contribution in [0.15, 0.2) is 0 Å². The smallest absolute Gasteiger partial charge is 0.240 e. The highest BCUT2D eigenvalue weighted by molar-refractivity contribution is 5.85. The molecule has 4 nitrogen and oxygen atoms in total. The molecule has 14 heavy (non-hydrogen) atoms. The molecule has 1 atom stereocenters. The van der Waals surface area contributed by atoms with Gasteiger partial charge in [-0.2, -0.15) is 5.26 Å². The number of carbonyl (C=O) groups excluding carboxylic acids is 1. The van der Waals surface area contributed by atoms with Gasteiger partial charge in [-0.25, -0.2) is 0 Å². The zero-order valence-electron chi connectivity index (χ0n) is 9.00. The van der Waals surface area contributed by atoms with Crippen LogP contribution in [0.1, 0.15) is 33.6 Å². The summed E-state index contributed by atoms with van der Waals surface area (Å²) in [4.78, 5) is 11.6. The largest absolute Gasteiger partial charge is 0.392 e. The van der Waals surface area contributed by atoms with Crippen LogP contribution in [-0.2, 0) is 4.79 Å². The fourth-order valence-corrected chi connectivity index (χ4v) is 1.19. The first kappa shape index (κ1) is 12.9. The molecule has 0 aromatic rings. The number of carbonyl (C=O) groups is 1. The lowest BCUT2D eigenvalue weighted by molar-refractivity contribution is -0.128. The molecule has 0 fully saturated rings. The van der Waals surface area contributed by atoms with Gasteiger partial charge in [0, 0.05) is 6.54 Å². The Kier molecular flexibility index (Phi) is 5.18. The Morgan fingerprint density at radius 1 is 1.57 bits per heavy atom. The van der Waals surface area contributed by atoms with E-state index in [1.165, 1.54) is 0 Å². The van der Waals surface area contributed by atoms with E-state index in [9.17, 15) is 4.79 Å². The van der Waals surface area contributed by atoms with Gasteiger partial charge >= 0.3 is 0 Å². The van der Waals surface area contributed by atoms with Gasteiger partial charge in [-0.1, -0.05) is 13.8 Å². The van der Waals surface area contributed by atoms with Crippen molar-refractivity contribution in [1.82, 2.24) is 5.32 Å². The van der Waals surface area contributed by atoms with Gasteiger partial charge in [0.25, 0.3) is 0 Å². The number of aliphatic hydroxyl groups is 1. The lowest BCUT2D eigenvalue weighted by Gasteiger charge is -2.22. The second-order valence-electron chi connectivity index (χ2n) is 3.46. The maximum absolute atomic E-state index is 11.6. The molecule has 0 aromatic carbocycles. The number of hydrogen-bond acceptors (Lipinski definition) is 3. The minimum Gasteiger partial charge on any atom is -0.392 e. The SMILES string of the molecule is CCC(C#N)(CC)C(=O)NC[C@H](C)O. The standard InChI is InChI=1S/C10H18N2O2/c1-4-10(5-2,7-11)9(14)12-6-8(3)13/h8,13H,4-6H2,1-3H3,(H,12,14)/t8-/m0/s1. The zero-order valence-corrected chi connectivity index (χ0v) is 9.00. The third kappa shape index (κ3) is 3.00. The van der Waals surface area contributed by atoms with Gasteiger partial charge < -0.3 is 10.4 Å². The normalized spacial score (nSPS) is 13.1. The molecule has 0 radical (unpaired) electrons. The number of nitriles is 1. The summed E-state index contributed by atoms with van der Waals surface area (Å²) in [5.41, 5.74) is -0.936. The molecular weight excluding hydrogens is 180 g/mol. The summed E-state index contributed by atoms with van der Waals surface area (Å²) in [6.07, 6.45) is 0.404. The summed E-state index contributed by atoms with van der Waals surface area (Å²) in [5, 5.41) is 20.5. The van der Waals surface area contributed by atoms with Crippen LogP contribution in [0.5, 0.6) is 0 Å². The second kappa shape index (κ2) is 5.61. The van der Waals surface area contributed by atoms with Crippen molar-refractivity contribution in [2.45, 2.75) is 39.7 Å². The highest BCUT2D eigenvalue weighted by atomic mass is 16.3. The molecule has 0 rings (SSSR count). The molecule has 0 unspecified atom stereocenters. The molecule has 0 aliphatic heterocycles. The van der Waals surface area contributed by atoms with Crippen molar-refractivity contribution in [3.05, 3.63) is 0 Å². The van der Waals surface area contributed by atoms with Crippen molar-refractivity contribution in [1.29, 1.82) is 5.26 Å². The predicted octanol–water partition coefficient (Wildman–Crippen LogP) is 0.813. The van der Waals surface area contributed by atoms with Crippen LogP contribution in [0, 0.1) is 16.7 Å². The van der Waals surface area contributed by atoms with Gasteiger partial charge in [-0.3, -0.25) is 4.79 Å². The van der Waals surface area contributed by atoms with E-state index in [0.29, 0.717) is 12.8 Å². The van der Waals surface area contributed by atoms with Crippen molar-refractivity contribution in [2.75, 3.05) is 6.54 Å². The second-order valence-corrected chi connectivity index (χ2v) is 3.46. The average molecular weight is 198 g/mol. The van der Waals surface area contributed by atoms with Crippen molar-refractivity contribution >= 4 is 5.91 Å². The summed E-state index contributed by atoms with van der Waals surface area (Å²) < 4.78 is 0. The van der Waals surface area contributed by atoms with E-state index in [1.54, 1.807) is 6.92 Å². The third-order valence-corrected chi connectivity index (χ3v) is 2.41. The third-order valence-electron chi connectivity index (χ3n) is 2.41. The van der Waals surface area contributed by atoms with E-state index in [-0.39, 0.29) is 12.5 Å². The van der Waals surface area contributed by atoms with Crippen molar-refractivity contribution < 1.29 is 9.90 Å². The van der Waals surface area contributed by atoms with E-state index >= 15 is 0 Å². The van der Waals surface area contributed by atoms with Gasteiger partial charge in [-0.05, 0) is 19.8 Å². The Labute approximate surface area is 84.9 Å². The Morgan fingerprint density at radius 2 is 2.07 bits per heavy atom. The number of nitrogens with one attached hydrogen (secondary N) is 1. The lowest BCUT2D eigenvalue weighted by atomic mass is 9.83. The van der Waals surface area contributed by atoms with Crippen LogP contribution in [0.25, 0.3) is 0 Å². The molecule has 0 saturated carbocycles. The zero-order chi connectivity index (χ0) is 11.2. The first-order chi connectivity index (χ1) is 6.52. The van der Waals surface area contributed by atoms with E-state index < -0.39 is 11.5 Å². The fraction of sp³-hybridized carbons (Fsp3) is 0.800. The van der Waals surface area contributed by atoms with Crippen LogP contribution >= 0.6 is 0 Å². The minimum absolute atomic E-state index is 0.197. The van der Waals surface area contributed by atoms with Crippen molar-refractivity contribution in [2.24, 2.45) is 5.41 Å². The Balaban J connectivity index is 4.40. The summed E-state index contributed by atoms with van der Waals surface area (Å²) in [6.45, 7) is 5.41. The molecule has 4 heteroatoms. The average Bonchev–Trinajstić information content (AvgIpc) is 2.18. The van der Waals surface area contributed by atoms with E-state index in [4.69, 9.17) is 10.4 Å². The molecule has 80 valence electrons. The summed E-state index contributed by atoms with van der Waals surface area (Å²) in [6, 6.07) is 2.04. The molecule has 0 aromatic heterocycles. The molecule has 1 amide bonds. The molecule has 0 aliphatic carbocycles. The van der Waals surface area contributed by atoms with Gasteiger partial charge in [0.05, 0.1) is 12.2 Å². The van der Waals surface area contributed by atoms with Gasteiger partial charge in [0.1, 0.15) is 5.41 Å². The van der Waals surface area contributed by atoms with E-state index in [1.807, 2.05) is 19.9 Å². The first-order valence-electron chi connectivity index (χ1n) is 4.90. The van der Waals surface area contributed by atoms with Gasteiger partial charge in [-0.15, -0.1) is 0 Å². The molecule has 0 heterocycles. The van der Waals surface area contributed by atoms with Crippen LogP contribution < -0.4 is 5.32 Å². The molecule has 0 aliphatic rings. The molecular formula is C10H18N2O2. The van der Waals surface area contributed by atoms with E-state index in [0.717, 1.165) is 0 Å². The summed E-state index contributed by atoms with van der Waals surface area (Å²) in [5.74, 6) is -0.286. The first-order valence-corrected chi connectivity index (χ1v) is 4.90. The maximum atomic E-state index is 11.6. The Bertz CT molecular complexity index is 227. The number of rotatable bonds is 5. The van der Waals surface area contributed by atoms with Crippen molar-refractivity contribution in [3.8, 4) is 6.07 Å². The minimum atomic E-state index is -0.936. The highest BCUT2D eigenvalue weighted by Gasteiger charge is 2.34. The van der Waals surface area contributed by atoms with Crippen LogP contribution in [0.3, 0.4) is 0 Å². The number of hydrogen-bond donors (Lipinski definition) is 2. The predicted molar refractivity (Wildman–Crippen MR) is 53.3 cm³/mol. The number of aliphatic hydroxyl groups excluding tert-OH is 1. The molecule has 0 saturated heterocycles. The Morgan fingerprint density at radius 3 is 2.36 bits per heavy atom.